The Morgan fingerprint density at radius 3 is 2.61 bits per heavy atom. The number of carbonyl (C=O) groups is 1. The predicted molar refractivity (Wildman–Crippen MR) is 108 cm³/mol. The Bertz CT molecular complexity index is 889. The maximum Gasteiger partial charge on any atom is 0.363 e. The number of cyclic esters (lactones) is 1. The monoisotopic (exact) mass is 381 g/mol. The van der Waals surface area contributed by atoms with E-state index in [-0.39, 0.29) is 17.2 Å². The number of carbonyl (C=O) groups excluding carboxylic acids is 1. The summed E-state index contributed by atoms with van der Waals surface area (Å²) in [6.45, 7) is 2.81. The molecule has 0 aromatic heterocycles. The molecule has 0 spiro atoms. The molecule has 1 heterocycles. The van der Waals surface area contributed by atoms with E-state index in [1.807, 2.05) is 24.3 Å². The summed E-state index contributed by atoms with van der Waals surface area (Å²) in [4.78, 5) is 16.4. The number of para-hydroxylation sites is 1. The van der Waals surface area contributed by atoms with Crippen LogP contribution in [0.3, 0.4) is 0 Å². The van der Waals surface area contributed by atoms with E-state index in [9.17, 15) is 9.18 Å². The van der Waals surface area contributed by atoms with Gasteiger partial charge in [0.05, 0.1) is 12.2 Å². The SMILES string of the molecule is CCCCCCCOc1ccccc1/C=C1/N=C(c2ccccc2F)OC1=O. The van der Waals surface area contributed by atoms with Gasteiger partial charge in [0.2, 0.25) is 5.90 Å². The molecule has 0 saturated carbocycles. The van der Waals surface area contributed by atoms with E-state index >= 15 is 0 Å². The van der Waals surface area contributed by atoms with Crippen LogP contribution in [0.2, 0.25) is 0 Å². The van der Waals surface area contributed by atoms with Crippen molar-refractivity contribution in [3.8, 4) is 5.75 Å². The highest BCUT2D eigenvalue weighted by Crippen LogP contribution is 2.25. The molecule has 1 aliphatic heterocycles. The number of benzene rings is 2. The number of hydrogen-bond donors (Lipinski definition) is 0. The fourth-order valence-corrected chi connectivity index (χ4v) is 2.93. The zero-order chi connectivity index (χ0) is 19.8. The highest BCUT2D eigenvalue weighted by molar-refractivity contribution is 6.13. The smallest absolute Gasteiger partial charge is 0.363 e. The number of nitrogens with zero attached hydrogens (tertiary/aromatic N) is 1. The van der Waals surface area contributed by atoms with Gasteiger partial charge in [-0.25, -0.2) is 14.2 Å². The number of esters is 1. The minimum Gasteiger partial charge on any atom is -0.493 e. The molecule has 0 N–H and O–H groups in total. The standard InChI is InChI=1S/C23H24FNO3/c1-2-3-4-5-10-15-27-21-14-9-6-11-17(21)16-20-23(26)28-22(25-20)18-12-7-8-13-19(18)24/h6-9,11-14,16H,2-5,10,15H2,1H3/b20-16+. The Morgan fingerprint density at radius 1 is 1.04 bits per heavy atom. The van der Waals surface area contributed by atoms with Crippen LogP contribution in [0.5, 0.6) is 5.75 Å². The quantitative estimate of drug-likeness (QED) is 0.326. The van der Waals surface area contributed by atoms with E-state index < -0.39 is 11.8 Å². The van der Waals surface area contributed by atoms with E-state index in [0.29, 0.717) is 12.4 Å². The zero-order valence-corrected chi connectivity index (χ0v) is 16.0. The maximum absolute atomic E-state index is 13.9. The first kappa shape index (κ1) is 19.8. The molecule has 0 atom stereocenters. The largest absolute Gasteiger partial charge is 0.493 e. The van der Waals surface area contributed by atoms with Crippen molar-refractivity contribution in [3.63, 3.8) is 0 Å². The molecule has 0 unspecified atom stereocenters. The average Bonchev–Trinajstić information content (AvgIpc) is 3.06. The summed E-state index contributed by atoms with van der Waals surface area (Å²) in [7, 11) is 0. The van der Waals surface area contributed by atoms with Crippen molar-refractivity contribution in [1.82, 2.24) is 0 Å². The highest BCUT2D eigenvalue weighted by Gasteiger charge is 2.26. The molecule has 28 heavy (non-hydrogen) atoms. The second kappa shape index (κ2) is 9.83. The minimum absolute atomic E-state index is 0.0244. The van der Waals surface area contributed by atoms with Gasteiger partial charge in [-0.05, 0) is 30.7 Å². The van der Waals surface area contributed by atoms with Crippen LogP contribution in [0.15, 0.2) is 59.2 Å². The lowest BCUT2D eigenvalue weighted by Gasteiger charge is -2.09. The molecule has 5 heteroatoms. The summed E-state index contributed by atoms with van der Waals surface area (Å²) in [6, 6.07) is 13.5. The minimum atomic E-state index is -0.604. The van der Waals surface area contributed by atoms with Crippen LogP contribution < -0.4 is 4.74 Å². The Morgan fingerprint density at radius 2 is 1.79 bits per heavy atom. The van der Waals surface area contributed by atoms with Crippen LogP contribution in [-0.2, 0) is 9.53 Å². The first-order valence-electron chi connectivity index (χ1n) is 9.68. The molecule has 2 aromatic carbocycles. The van der Waals surface area contributed by atoms with Gasteiger partial charge in [-0.3, -0.25) is 0 Å². The van der Waals surface area contributed by atoms with Crippen molar-refractivity contribution in [2.75, 3.05) is 6.61 Å². The topological polar surface area (TPSA) is 47.9 Å². The predicted octanol–water partition coefficient (Wildman–Crippen LogP) is 5.52. The Hall–Kier alpha value is -2.95. The molecule has 0 amide bonds. The first-order valence-corrected chi connectivity index (χ1v) is 9.68. The second-order valence-corrected chi connectivity index (χ2v) is 6.62. The summed E-state index contributed by atoms with van der Waals surface area (Å²) >= 11 is 0. The maximum atomic E-state index is 13.9. The van der Waals surface area contributed by atoms with E-state index in [0.717, 1.165) is 18.4 Å². The van der Waals surface area contributed by atoms with Gasteiger partial charge in [0.1, 0.15) is 11.6 Å². The van der Waals surface area contributed by atoms with E-state index in [4.69, 9.17) is 9.47 Å². The van der Waals surface area contributed by atoms with Crippen LogP contribution in [0.1, 0.15) is 50.2 Å². The third-order valence-corrected chi connectivity index (χ3v) is 4.44. The number of halogens is 1. The molecule has 0 saturated heterocycles. The number of unbranched alkanes of at least 4 members (excludes halogenated alkanes) is 4. The number of hydrogen-bond acceptors (Lipinski definition) is 4. The van der Waals surface area contributed by atoms with Crippen LogP contribution in [0.4, 0.5) is 4.39 Å². The average molecular weight is 381 g/mol. The van der Waals surface area contributed by atoms with Gasteiger partial charge in [-0.2, -0.15) is 0 Å². The van der Waals surface area contributed by atoms with Crippen molar-refractivity contribution >= 4 is 17.9 Å². The van der Waals surface area contributed by atoms with Crippen LogP contribution in [0.25, 0.3) is 6.08 Å². The summed E-state index contributed by atoms with van der Waals surface area (Å²) in [5.74, 6) is -0.425. The van der Waals surface area contributed by atoms with Gasteiger partial charge in [0.25, 0.3) is 0 Å². The van der Waals surface area contributed by atoms with Gasteiger partial charge in [-0.15, -0.1) is 0 Å². The molecular formula is C23H24FNO3. The summed E-state index contributed by atoms with van der Waals surface area (Å²) in [5.41, 5.74) is 1.02. The third-order valence-electron chi connectivity index (χ3n) is 4.44. The normalized spacial score (nSPS) is 14.9. The Balaban J connectivity index is 1.72. The molecular weight excluding hydrogens is 357 g/mol. The van der Waals surface area contributed by atoms with Crippen molar-refractivity contribution in [2.45, 2.75) is 39.0 Å². The van der Waals surface area contributed by atoms with Gasteiger partial charge >= 0.3 is 5.97 Å². The van der Waals surface area contributed by atoms with E-state index in [1.54, 1.807) is 18.2 Å². The van der Waals surface area contributed by atoms with Gasteiger partial charge < -0.3 is 9.47 Å². The fraction of sp³-hybridized carbons (Fsp3) is 0.304. The summed E-state index contributed by atoms with van der Waals surface area (Å²) < 4.78 is 25.0. The van der Waals surface area contributed by atoms with Crippen LogP contribution in [0, 0.1) is 5.82 Å². The molecule has 3 rings (SSSR count). The molecule has 0 fully saturated rings. The Labute approximate surface area is 164 Å². The van der Waals surface area contributed by atoms with Gasteiger partial charge in [0, 0.05) is 5.56 Å². The number of rotatable bonds is 9. The van der Waals surface area contributed by atoms with Crippen molar-refractivity contribution in [3.05, 3.63) is 71.2 Å². The number of ether oxygens (including phenoxy) is 2. The lowest BCUT2D eigenvalue weighted by Crippen LogP contribution is -2.07. The van der Waals surface area contributed by atoms with Gasteiger partial charge in [0.15, 0.2) is 5.70 Å². The van der Waals surface area contributed by atoms with Crippen molar-refractivity contribution in [2.24, 2.45) is 4.99 Å². The van der Waals surface area contributed by atoms with Crippen molar-refractivity contribution < 1.29 is 18.7 Å². The highest BCUT2D eigenvalue weighted by atomic mass is 19.1. The van der Waals surface area contributed by atoms with Gasteiger partial charge in [-0.1, -0.05) is 62.9 Å². The van der Waals surface area contributed by atoms with E-state index in [2.05, 4.69) is 11.9 Å². The molecule has 0 bridgehead atoms. The van der Waals surface area contributed by atoms with Crippen LogP contribution in [-0.4, -0.2) is 18.5 Å². The molecule has 2 aromatic rings. The van der Waals surface area contributed by atoms with Crippen LogP contribution >= 0.6 is 0 Å². The molecule has 146 valence electrons. The Kier molecular flexibility index (Phi) is 6.95. The molecule has 1 aliphatic rings. The lowest BCUT2D eigenvalue weighted by molar-refractivity contribution is -0.129. The third kappa shape index (κ3) is 5.06. The molecule has 0 aliphatic carbocycles. The van der Waals surface area contributed by atoms with E-state index in [1.165, 1.54) is 31.4 Å². The fourth-order valence-electron chi connectivity index (χ4n) is 2.93. The zero-order valence-electron chi connectivity index (χ0n) is 16.0. The lowest BCUT2D eigenvalue weighted by atomic mass is 10.1. The van der Waals surface area contributed by atoms with Crippen molar-refractivity contribution in [1.29, 1.82) is 0 Å². The second-order valence-electron chi connectivity index (χ2n) is 6.62. The molecule has 0 radical (unpaired) electrons. The number of aliphatic imine (C=N–C) groups is 1. The summed E-state index contributed by atoms with van der Waals surface area (Å²) in [5, 5.41) is 0. The molecule has 4 nitrogen and oxygen atoms in total. The summed E-state index contributed by atoms with van der Waals surface area (Å²) in [6.07, 6.45) is 7.41. The first-order chi connectivity index (χ1) is 13.7.